The molecule has 8 heteroatoms. The van der Waals surface area contributed by atoms with Crippen LogP contribution in [0.15, 0.2) is 48.5 Å². The lowest BCUT2D eigenvalue weighted by atomic mass is 9.77. The summed E-state index contributed by atoms with van der Waals surface area (Å²) in [5.41, 5.74) is 0.0415. The molecule has 0 radical (unpaired) electrons. The van der Waals surface area contributed by atoms with Crippen molar-refractivity contribution in [3.8, 4) is 0 Å². The van der Waals surface area contributed by atoms with Gasteiger partial charge in [0.1, 0.15) is 12.1 Å². The predicted octanol–water partition coefficient (Wildman–Crippen LogP) is 4.01. The summed E-state index contributed by atoms with van der Waals surface area (Å²) in [5.74, 6) is -0.720. The van der Waals surface area contributed by atoms with Gasteiger partial charge in [0.15, 0.2) is 5.78 Å². The van der Waals surface area contributed by atoms with E-state index >= 15 is 0 Å². The lowest BCUT2D eigenvalue weighted by Gasteiger charge is -2.33. The molecule has 1 aliphatic heterocycles. The van der Waals surface area contributed by atoms with Crippen LogP contribution in [0.4, 0.5) is 10.5 Å². The molecule has 0 bridgehead atoms. The van der Waals surface area contributed by atoms with Crippen molar-refractivity contribution in [2.24, 2.45) is 5.92 Å². The molecule has 0 unspecified atom stereocenters. The fourth-order valence-corrected chi connectivity index (χ4v) is 4.48. The van der Waals surface area contributed by atoms with Gasteiger partial charge in [-0.1, -0.05) is 48.9 Å². The number of halogens is 1. The number of hydrogen-bond acceptors (Lipinski definition) is 4. The van der Waals surface area contributed by atoms with Crippen LogP contribution in [0.2, 0.25) is 5.02 Å². The van der Waals surface area contributed by atoms with E-state index in [-0.39, 0.29) is 22.9 Å². The molecular weight excluding hydrogens is 430 g/mol. The van der Waals surface area contributed by atoms with E-state index in [4.69, 9.17) is 11.6 Å². The number of carbonyl (C=O) groups is 4. The predicted molar refractivity (Wildman–Crippen MR) is 121 cm³/mol. The molecule has 1 saturated carbocycles. The Bertz CT molecular complexity index is 1080. The first kappa shape index (κ1) is 22.0. The van der Waals surface area contributed by atoms with Gasteiger partial charge in [0, 0.05) is 16.1 Å². The molecule has 32 heavy (non-hydrogen) atoms. The van der Waals surface area contributed by atoms with Gasteiger partial charge in [-0.05, 0) is 49.8 Å². The summed E-state index contributed by atoms with van der Waals surface area (Å²) in [7, 11) is 0. The Labute approximate surface area is 191 Å². The molecule has 2 N–H and O–H groups in total. The molecule has 1 spiro atoms. The van der Waals surface area contributed by atoms with Crippen molar-refractivity contribution in [3.63, 3.8) is 0 Å². The lowest BCUT2D eigenvalue weighted by molar-refractivity contribution is -0.135. The number of benzene rings is 2. The smallest absolute Gasteiger partial charge is 0.324 e. The molecule has 1 aliphatic carbocycles. The molecule has 4 amide bonds. The second kappa shape index (κ2) is 8.74. The Morgan fingerprint density at radius 1 is 1.12 bits per heavy atom. The summed E-state index contributed by atoms with van der Waals surface area (Å²) in [5, 5.41) is 5.82. The molecule has 2 fully saturated rings. The van der Waals surface area contributed by atoms with Crippen LogP contribution in [0.3, 0.4) is 0 Å². The van der Waals surface area contributed by atoms with Crippen LogP contribution >= 0.6 is 11.6 Å². The SMILES string of the molecule is CC1CCC2(CC1)NC(=O)N(CC(=O)Nc1ccc(Cl)cc1C(=O)c1ccccc1)C2=O. The summed E-state index contributed by atoms with van der Waals surface area (Å²) in [4.78, 5) is 52.1. The van der Waals surface area contributed by atoms with Crippen molar-refractivity contribution in [1.29, 1.82) is 0 Å². The van der Waals surface area contributed by atoms with Crippen molar-refractivity contribution in [1.82, 2.24) is 10.2 Å². The van der Waals surface area contributed by atoms with Crippen molar-refractivity contribution in [2.75, 3.05) is 11.9 Å². The second-order valence-corrected chi connectivity index (χ2v) is 8.96. The van der Waals surface area contributed by atoms with Crippen molar-refractivity contribution < 1.29 is 19.2 Å². The number of nitrogens with zero attached hydrogens (tertiary/aromatic N) is 1. The largest absolute Gasteiger partial charge is 0.325 e. The number of imide groups is 1. The van der Waals surface area contributed by atoms with Crippen LogP contribution in [0.5, 0.6) is 0 Å². The van der Waals surface area contributed by atoms with Crippen LogP contribution in [-0.4, -0.2) is 40.6 Å². The van der Waals surface area contributed by atoms with Gasteiger partial charge in [-0.25, -0.2) is 4.79 Å². The highest BCUT2D eigenvalue weighted by atomic mass is 35.5. The number of ketones is 1. The van der Waals surface area contributed by atoms with E-state index in [0.29, 0.717) is 29.3 Å². The van der Waals surface area contributed by atoms with E-state index < -0.39 is 24.0 Å². The number of carbonyl (C=O) groups excluding carboxylic acids is 4. The average Bonchev–Trinajstić information content (AvgIpc) is 3.01. The third-order valence-electron chi connectivity index (χ3n) is 6.21. The Kier molecular flexibility index (Phi) is 6.02. The normalized spacial score (nSPS) is 22.7. The Morgan fingerprint density at radius 3 is 2.50 bits per heavy atom. The monoisotopic (exact) mass is 453 g/mol. The fraction of sp³-hybridized carbons (Fsp3) is 0.333. The maximum Gasteiger partial charge on any atom is 0.325 e. The molecule has 2 aromatic rings. The minimum atomic E-state index is -0.904. The third-order valence-corrected chi connectivity index (χ3v) is 6.45. The summed E-state index contributed by atoms with van der Waals surface area (Å²) in [6.07, 6.45) is 2.84. The van der Waals surface area contributed by atoms with Gasteiger partial charge in [0.2, 0.25) is 5.91 Å². The highest BCUT2D eigenvalue weighted by Crippen LogP contribution is 2.36. The number of rotatable bonds is 5. The summed E-state index contributed by atoms with van der Waals surface area (Å²) < 4.78 is 0. The topological polar surface area (TPSA) is 95.6 Å². The number of hydrogen-bond donors (Lipinski definition) is 2. The van der Waals surface area contributed by atoms with Crippen LogP contribution in [0.1, 0.15) is 48.5 Å². The van der Waals surface area contributed by atoms with E-state index in [1.54, 1.807) is 36.4 Å². The quantitative estimate of drug-likeness (QED) is 0.528. The Morgan fingerprint density at radius 2 is 1.81 bits per heavy atom. The van der Waals surface area contributed by atoms with Crippen molar-refractivity contribution >= 4 is 40.9 Å². The van der Waals surface area contributed by atoms with Gasteiger partial charge in [-0.15, -0.1) is 0 Å². The zero-order valence-electron chi connectivity index (χ0n) is 17.7. The van der Waals surface area contributed by atoms with Gasteiger partial charge < -0.3 is 10.6 Å². The third kappa shape index (κ3) is 4.25. The van der Waals surface area contributed by atoms with E-state index in [1.807, 2.05) is 0 Å². The highest BCUT2D eigenvalue weighted by Gasteiger charge is 2.52. The molecule has 2 aliphatic rings. The first-order chi connectivity index (χ1) is 15.3. The van der Waals surface area contributed by atoms with Gasteiger partial charge in [-0.2, -0.15) is 0 Å². The minimum absolute atomic E-state index is 0.229. The standard InChI is InChI=1S/C24H24ClN3O4/c1-15-9-11-24(12-10-15)22(31)28(23(32)27-24)14-20(29)26-19-8-7-17(25)13-18(19)21(30)16-5-3-2-4-6-16/h2-8,13,15H,9-12,14H2,1H3,(H,26,29)(H,27,32). The van der Waals surface area contributed by atoms with E-state index in [1.165, 1.54) is 12.1 Å². The lowest BCUT2D eigenvalue weighted by Crippen LogP contribution is -2.49. The average molecular weight is 454 g/mol. The molecule has 2 aromatic carbocycles. The van der Waals surface area contributed by atoms with E-state index in [0.717, 1.165) is 17.7 Å². The molecule has 1 heterocycles. The van der Waals surface area contributed by atoms with E-state index in [2.05, 4.69) is 17.6 Å². The second-order valence-electron chi connectivity index (χ2n) is 8.52. The van der Waals surface area contributed by atoms with Crippen LogP contribution in [0.25, 0.3) is 0 Å². The number of amides is 4. The first-order valence-electron chi connectivity index (χ1n) is 10.6. The van der Waals surface area contributed by atoms with Crippen LogP contribution in [0, 0.1) is 5.92 Å². The summed E-state index contributed by atoms with van der Waals surface area (Å²) in [6.45, 7) is 1.70. The molecule has 1 saturated heterocycles. The molecule has 0 aromatic heterocycles. The Balaban J connectivity index is 1.50. The molecule has 166 valence electrons. The number of nitrogens with one attached hydrogen (secondary N) is 2. The van der Waals surface area contributed by atoms with Gasteiger partial charge in [0.25, 0.3) is 5.91 Å². The van der Waals surface area contributed by atoms with E-state index in [9.17, 15) is 19.2 Å². The van der Waals surface area contributed by atoms with Crippen molar-refractivity contribution in [3.05, 3.63) is 64.7 Å². The molecular formula is C24H24ClN3O4. The number of anilines is 1. The van der Waals surface area contributed by atoms with Gasteiger partial charge in [0.05, 0.1) is 5.69 Å². The zero-order valence-corrected chi connectivity index (χ0v) is 18.4. The molecule has 0 atom stereocenters. The Hall–Kier alpha value is -3.19. The summed E-state index contributed by atoms with van der Waals surface area (Å²) >= 11 is 6.08. The van der Waals surface area contributed by atoms with Gasteiger partial charge in [-0.3, -0.25) is 19.3 Å². The maximum absolute atomic E-state index is 13.0. The first-order valence-corrected chi connectivity index (χ1v) is 11.0. The van der Waals surface area contributed by atoms with Crippen LogP contribution < -0.4 is 10.6 Å². The van der Waals surface area contributed by atoms with Crippen LogP contribution in [-0.2, 0) is 9.59 Å². The van der Waals surface area contributed by atoms with Gasteiger partial charge >= 0.3 is 6.03 Å². The van der Waals surface area contributed by atoms with Crippen molar-refractivity contribution in [2.45, 2.75) is 38.1 Å². The minimum Gasteiger partial charge on any atom is -0.324 e. The summed E-state index contributed by atoms with van der Waals surface area (Å²) in [6, 6.07) is 12.7. The maximum atomic E-state index is 13.0. The highest BCUT2D eigenvalue weighted by molar-refractivity contribution is 6.31. The zero-order chi connectivity index (χ0) is 22.9. The molecule has 7 nitrogen and oxygen atoms in total. The fourth-order valence-electron chi connectivity index (χ4n) is 4.31. The molecule has 4 rings (SSSR count). The number of urea groups is 1.